The molecule has 0 aliphatic carbocycles. The van der Waals surface area contributed by atoms with Crippen LogP contribution in [0.1, 0.15) is 129 Å². The molecule has 0 aliphatic rings. The molecular weight excluding hydrogens is 530 g/mol. The standard InChI is InChI=1S/C27H55NO8S2/c1-2-3-4-5-6-7-8-9-10-11-12-13-14-15-16-18-21-28(37(33,34)25-23-29,38(35,36)26-24-30)22-19-17-20-27(31)32/h29-30H,2-26H2,1H3. The van der Waals surface area contributed by atoms with Gasteiger partial charge in [-0.05, 0) is 32.1 Å². The molecule has 0 aliphatic heterocycles. The Bertz CT molecular complexity index is 764. The zero-order valence-electron chi connectivity index (χ0n) is 23.8. The molecule has 228 valence electrons. The van der Waals surface area contributed by atoms with E-state index in [0.29, 0.717) is 12.8 Å². The first-order valence-corrected chi connectivity index (χ1v) is 18.1. The summed E-state index contributed by atoms with van der Waals surface area (Å²) in [5.74, 6) is -2.70. The van der Waals surface area contributed by atoms with Gasteiger partial charge in [-0.15, -0.1) is 3.29 Å². The Balaban J connectivity index is 4.61. The number of rotatable bonds is 28. The number of carbonyl (C=O) groups is 1. The van der Waals surface area contributed by atoms with E-state index in [1.54, 1.807) is 0 Å². The molecule has 9 nitrogen and oxygen atoms in total. The summed E-state index contributed by atoms with van der Waals surface area (Å²) in [4.78, 5) is 10.7. The van der Waals surface area contributed by atoms with Crippen molar-refractivity contribution in [2.45, 2.75) is 129 Å². The van der Waals surface area contributed by atoms with Gasteiger partial charge in [0.05, 0.1) is 13.2 Å². The molecule has 2 N–H and O–H groups in total. The van der Waals surface area contributed by atoms with Crippen molar-refractivity contribution in [2.24, 2.45) is 0 Å². The van der Waals surface area contributed by atoms with Crippen LogP contribution in [-0.4, -0.2) is 74.1 Å². The smallest absolute Gasteiger partial charge is 0.313 e. The van der Waals surface area contributed by atoms with Gasteiger partial charge in [0.25, 0.3) is 0 Å². The summed E-state index contributed by atoms with van der Waals surface area (Å²) in [5, 5.41) is 29.3. The van der Waals surface area contributed by atoms with E-state index in [-0.39, 0.29) is 32.4 Å². The quantitative estimate of drug-likeness (QED) is 0.104. The lowest BCUT2D eigenvalue weighted by molar-refractivity contribution is -0.674. The van der Waals surface area contributed by atoms with Crippen LogP contribution in [0.25, 0.3) is 0 Å². The molecule has 0 aromatic heterocycles. The summed E-state index contributed by atoms with van der Waals surface area (Å²) in [6, 6.07) is 0. The van der Waals surface area contributed by atoms with Crippen LogP contribution in [-0.2, 0) is 24.8 Å². The molecule has 38 heavy (non-hydrogen) atoms. The van der Waals surface area contributed by atoms with Crippen LogP contribution >= 0.6 is 0 Å². The lowest BCUT2D eigenvalue weighted by Gasteiger charge is -2.35. The normalized spacial score (nSPS) is 12.7. The molecule has 0 bridgehead atoms. The predicted molar refractivity (Wildman–Crippen MR) is 150 cm³/mol. The molecule has 0 rings (SSSR count). The highest BCUT2D eigenvalue weighted by Gasteiger charge is 2.51. The van der Waals surface area contributed by atoms with Gasteiger partial charge in [0.2, 0.25) is 0 Å². The Morgan fingerprint density at radius 1 is 0.579 bits per heavy atom. The topological polar surface area (TPSA) is 149 Å². The van der Waals surface area contributed by atoms with Crippen LogP contribution < -0.4 is 5.11 Å². The van der Waals surface area contributed by atoms with Gasteiger partial charge in [-0.3, -0.25) is 0 Å². The Hall–Kier alpha value is -0.750. The van der Waals surface area contributed by atoms with Crippen molar-refractivity contribution in [2.75, 3.05) is 37.8 Å². The number of carboxylic acids is 1. The summed E-state index contributed by atoms with van der Waals surface area (Å²) in [6.45, 7) is 0.327. The largest absolute Gasteiger partial charge is 0.550 e. The number of aliphatic carboxylic acids is 1. The van der Waals surface area contributed by atoms with Crippen LogP contribution in [0.2, 0.25) is 0 Å². The molecule has 0 amide bonds. The van der Waals surface area contributed by atoms with Gasteiger partial charge in [0.1, 0.15) is 24.6 Å². The highest BCUT2D eigenvalue weighted by Crippen LogP contribution is 2.27. The SMILES string of the molecule is CCCCCCCCCCCCCCCCCC[N+](CCCCC(=O)[O-])(S(=O)(=O)CCO)S(=O)(=O)CCO. The molecular formula is C27H55NO8S2. The molecule has 0 fully saturated rings. The van der Waals surface area contributed by atoms with Gasteiger partial charge in [0, 0.05) is 5.97 Å². The van der Waals surface area contributed by atoms with Crippen molar-refractivity contribution in [3.8, 4) is 0 Å². The number of aliphatic hydroxyl groups excluding tert-OH is 2. The molecule has 0 aromatic rings. The van der Waals surface area contributed by atoms with Gasteiger partial charge < -0.3 is 20.1 Å². The Labute approximate surface area is 232 Å². The average molecular weight is 586 g/mol. The maximum Gasteiger partial charge on any atom is 0.313 e. The number of hydrogen-bond acceptors (Lipinski definition) is 8. The number of hydrogen-bond donors (Lipinski definition) is 2. The second kappa shape index (κ2) is 22.0. The Kier molecular flexibility index (Phi) is 21.6. The fourth-order valence-corrected chi connectivity index (χ4v) is 9.51. The van der Waals surface area contributed by atoms with E-state index in [9.17, 15) is 36.9 Å². The number of carboxylic acid groups (broad SMARTS) is 1. The molecule has 0 saturated heterocycles. The minimum absolute atomic E-state index is 0.0577. The monoisotopic (exact) mass is 585 g/mol. The lowest BCUT2D eigenvalue weighted by Crippen LogP contribution is -2.59. The number of carbonyl (C=O) groups excluding carboxylic acids is 1. The van der Waals surface area contributed by atoms with Crippen molar-refractivity contribution >= 4 is 26.0 Å². The average Bonchev–Trinajstić information content (AvgIpc) is 2.84. The van der Waals surface area contributed by atoms with Crippen molar-refractivity contribution in [3.63, 3.8) is 0 Å². The van der Waals surface area contributed by atoms with E-state index in [1.165, 1.54) is 70.6 Å². The fraction of sp³-hybridized carbons (Fsp3) is 0.963. The van der Waals surface area contributed by atoms with Crippen LogP contribution in [0.4, 0.5) is 0 Å². The van der Waals surface area contributed by atoms with Gasteiger partial charge in [0.15, 0.2) is 0 Å². The van der Waals surface area contributed by atoms with Crippen molar-refractivity contribution in [1.82, 2.24) is 0 Å². The first-order chi connectivity index (χ1) is 18.1. The molecule has 0 heterocycles. The van der Waals surface area contributed by atoms with Gasteiger partial charge in [-0.1, -0.05) is 96.8 Å². The minimum atomic E-state index is -4.31. The van der Waals surface area contributed by atoms with Crippen LogP contribution in [0.15, 0.2) is 0 Å². The van der Waals surface area contributed by atoms with Crippen molar-refractivity contribution < 1.29 is 40.2 Å². The molecule has 0 atom stereocenters. The van der Waals surface area contributed by atoms with Crippen molar-refractivity contribution in [3.05, 3.63) is 0 Å². The number of quaternary nitrogens is 1. The minimum Gasteiger partial charge on any atom is -0.550 e. The number of unbranched alkanes of at least 4 members (excludes halogenated alkanes) is 16. The third-order valence-electron chi connectivity index (χ3n) is 7.19. The van der Waals surface area contributed by atoms with Crippen LogP contribution in [0, 0.1) is 0 Å². The zero-order valence-corrected chi connectivity index (χ0v) is 25.4. The van der Waals surface area contributed by atoms with E-state index in [0.717, 1.165) is 19.3 Å². The summed E-state index contributed by atoms with van der Waals surface area (Å²) < 4.78 is 51.2. The summed E-state index contributed by atoms with van der Waals surface area (Å²) >= 11 is 0. The maximum atomic E-state index is 13.1. The molecule has 0 aromatic carbocycles. The van der Waals surface area contributed by atoms with E-state index in [1.807, 2.05) is 0 Å². The Morgan fingerprint density at radius 2 is 0.895 bits per heavy atom. The summed E-state index contributed by atoms with van der Waals surface area (Å²) in [6.07, 6.45) is 18.2. The van der Waals surface area contributed by atoms with Crippen molar-refractivity contribution in [1.29, 1.82) is 0 Å². The molecule has 0 unspecified atom stereocenters. The highest BCUT2D eigenvalue weighted by molar-refractivity contribution is 7.98. The second-order valence-electron chi connectivity index (χ2n) is 10.4. The number of nitrogens with zero attached hydrogens (tertiary/aromatic N) is 1. The maximum absolute atomic E-state index is 13.1. The summed E-state index contributed by atoms with van der Waals surface area (Å²) in [5.41, 5.74) is 0. The fourth-order valence-electron chi connectivity index (χ4n) is 4.93. The van der Waals surface area contributed by atoms with E-state index >= 15 is 0 Å². The highest BCUT2D eigenvalue weighted by atomic mass is 32.3. The van der Waals surface area contributed by atoms with Crippen LogP contribution in [0.5, 0.6) is 0 Å². The second-order valence-corrected chi connectivity index (χ2v) is 15.2. The van der Waals surface area contributed by atoms with Gasteiger partial charge in [-0.2, -0.15) is 16.8 Å². The van der Waals surface area contributed by atoms with Crippen LogP contribution in [0.3, 0.4) is 0 Å². The predicted octanol–water partition coefficient (Wildman–Crippen LogP) is 3.63. The first kappa shape index (κ1) is 37.2. The van der Waals surface area contributed by atoms with Gasteiger partial charge >= 0.3 is 20.0 Å². The summed E-state index contributed by atoms with van der Waals surface area (Å²) in [7, 11) is -8.62. The molecule has 0 radical (unpaired) electrons. The van der Waals surface area contributed by atoms with E-state index in [4.69, 9.17) is 0 Å². The molecule has 0 spiro atoms. The number of aliphatic hydroxyl groups is 2. The lowest BCUT2D eigenvalue weighted by atomic mass is 10.0. The van der Waals surface area contributed by atoms with E-state index in [2.05, 4.69) is 6.92 Å². The van der Waals surface area contributed by atoms with E-state index < -0.39 is 54.0 Å². The Morgan fingerprint density at radius 3 is 1.21 bits per heavy atom. The first-order valence-electron chi connectivity index (χ1n) is 14.8. The third-order valence-corrected chi connectivity index (χ3v) is 12.7. The van der Waals surface area contributed by atoms with Gasteiger partial charge in [-0.25, -0.2) is 0 Å². The zero-order chi connectivity index (χ0) is 28.8. The molecule has 0 saturated carbocycles. The number of sulfonamides is 2. The molecule has 11 heteroatoms. The third kappa shape index (κ3) is 15.1.